The van der Waals surface area contributed by atoms with Crippen molar-refractivity contribution in [1.29, 1.82) is 0 Å². The summed E-state index contributed by atoms with van der Waals surface area (Å²) in [5.74, 6) is -5.67. The monoisotopic (exact) mass is 317 g/mol. The highest BCUT2D eigenvalue weighted by molar-refractivity contribution is 6.01. The SMILES string of the molecule is O=C(O)c1cnn(-c2ccccc2F)c1NC(=O)C(F)(F)F. The summed E-state index contributed by atoms with van der Waals surface area (Å²) in [5, 5.41) is 13.8. The van der Waals surface area contributed by atoms with Crippen molar-refractivity contribution in [2.24, 2.45) is 0 Å². The van der Waals surface area contributed by atoms with Crippen molar-refractivity contribution in [3.05, 3.63) is 41.8 Å². The van der Waals surface area contributed by atoms with Crippen molar-refractivity contribution in [1.82, 2.24) is 9.78 Å². The van der Waals surface area contributed by atoms with E-state index in [1.165, 1.54) is 17.4 Å². The lowest BCUT2D eigenvalue weighted by Gasteiger charge is -2.12. The number of alkyl halides is 3. The number of rotatable bonds is 3. The van der Waals surface area contributed by atoms with E-state index in [-0.39, 0.29) is 5.69 Å². The number of aromatic nitrogens is 2. The first kappa shape index (κ1) is 15.5. The van der Waals surface area contributed by atoms with Crippen LogP contribution in [0.1, 0.15) is 10.4 Å². The Labute approximate surface area is 120 Å². The minimum atomic E-state index is -5.24. The number of carbonyl (C=O) groups is 2. The fraction of sp³-hybridized carbons (Fsp3) is 0.0833. The van der Waals surface area contributed by atoms with Crippen LogP contribution in [0.3, 0.4) is 0 Å². The number of anilines is 1. The van der Waals surface area contributed by atoms with Crippen LogP contribution in [0.15, 0.2) is 30.5 Å². The third-order valence-corrected chi connectivity index (χ3v) is 2.57. The predicted molar refractivity (Wildman–Crippen MR) is 65.2 cm³/mol. The van der Waals surface area contributed by atoms with Crippen LogP contribution < -0.4 is 5.32 Å². The molecule has 0 aliphatic carbocycles. The molecule has 6 nitrogen and oxygen atoms in total. The molecule has 1 aromatic heterocycles. The van der Waals surface area contributed by atoms with E-state index in [4.69, 9.17) is 5.11 Å². The lowest BCUT2D eigenvalue weighted by molar-refractivity contribution is -0.167. The van der Waals surface area contributed by atoms with Crippen LogP contribution >= 0.6 is 0 Å². The second-order valence-corrected chi connectivity index (χ2v) is 4.03. The molecule has 0 bridgehead atoms. The average molecular weight is 317 g/mol. The number of carboxylic acids is 1. The van der Waals surface area contributed by atoms with E-state index in [0.717, 1.165) is 12.1 Å². The van der Waals surface area contributed by atoms with Crippen LogP contribution in [-0.2, 0) is 4.79 Å². The van der Waals surface area contributed by atoms with E-state index in [1.54, 1.807) is 0 Å². The van der Waals surface area contributed by atoms with Gasteiger partial charge in [-0.05, 0) is 12.1 Å². The maximum atomic E-state index is 13.7. The molecule has 0 radical (unpaired) electrons. The Morgan fingerprint density at radius 3 is 2.41 bits per heavy atom. The molecule has 0 fully saturated rings. The summed E-state index contributed by atoms with van der Waals surface area (Å²) in [6, 6.07) is 4.87. The van der Waals surface area contributed by atoms with Crippen LogP contribution in [0.2, 0.25) is 0 Å². The second-order valence-electron chi connectivity index (χ2n) is 4.03. The fourth-order valence-electron chi connectivity index (χ4n) is 1.61. The summed E-state index contributed by atoms with van der Waals surface area (Å²) in [6.07, 6.45) is -4.53. The topological polar surface area (TPSA) is 84.2 Å². The second kappa shape index (κ2) is 5.47. The summed E-state index contributed by atoms with van der Waals surface area (Å²) in [5.41, 5.74) is -1.02. The number of amides is 1. The average Bonchev–Trinajstić information content (AvgIpc) is 2.82. The van der Waals surface area contributed by atoms with Gasteiger partial charge in [0.05, 0.1) is 6.20 Å². The van der Waals surface area contributed by atoms with Crippen LogP contribution in [0.5, 0.6) is 0 Å². The lowest BCUT2D eigenvalue weighted by Crippen LogP contribution is -2.31. The van der Waals surface area contributed by atoms with Gasteiger partial charge in [-0.3, -0.25) is 4.79 Å². The third kappa shape index (κ3) is 2.90. The number of carboxylic acid groups (broad SMARTS) is 1. The largest absolute Gasteiger partial charge is 0.477 e. The Balaban J connectivity index is 2.55. The van der Waals surface area contributed by atoms with Gasteiger partial charge in [0.2, 0.25) is 0 Å². The molecule has 0 saturated carbocycles. The zero-order valence-electron chi connectivity index (χ0n) is 10.6. The van der Waals surface area contributed by atoms with E-state index in [1.807, 2.05) is 0 Å². The quantitative estimate of drug-likeness (QED) is 0.850. The molecule has 1 heterocycles. The number of para-hydroxylation sites is 1. The minimum Gasteiger partial charge on any atom is -0.477 e. The van der Waals surface area contributed by atoms with Gasteiger partial charge in [0, 0.05) is 0 Å². The van der Waals surface area contributed by atoms with E-state index in [2.05, 4.69) is 5.10 Å². The molecule has 0 aliphatic heterocycles. The summed E-state index contributed by atoms with van der Waals surface area (Å²) < 4.78 is 51.2. The van der Waals surface area contributed by atoms with Gasteiger partial charge in [-0.25, -0.2) is 13.9 Å². The van der Waals surface area contributed by atoms with Gasteiger partial charge in [0.1, 0.15) is 17.1 Å². The van der Waals surface area contributed by atoms with E-state index < -0.39 is 35.3 Å². The van der Waals surface area contributed by atoms with E-state index >= 15 is 0 Å². The summed E-state index contributed by atoms with van der Waals surface area (Å²) in [6.45, 7) is 0. The van der Waals surface area contributed by atoms with Crippen molar-refractivity contribution in [2.75, 3.05) is 5.32 Å². The molecule has 2 aromatic rings. The highest BCUT2D eigenvalue weighted by atomic mass is 19.4. The maximum absolute atomic E-state index is 13.7. The summed E-state index contributed by atoms with van der Waals surface area (Å²) >= 11 is 0. The fourth-order valence-corrected chi connectivity index (χ4v) is 1.61. The van der Waals surface area contributed by atoms with Gasteiger partial charge < -0.3 is 10.4 Å². The van der Waals surface area contributed by atoms with Crippen LogP contribution in [0.25, 0.3) is 5.69 Å². The first-order chi connectivity index (χ1) is 10.2. The Morgan fingerprint density at radius 2 is 1.86 bits per heavy atom. The van der Waals surface area contributed by atoms with Gasteiger partial charge in [-0.2, -0.15) is 18.3 Å². The molecule has 2 N–H and O–H groups in total. The van der Waals surface area contributed by atoms with Gasteiger partial charge in [-0.1, -0.05) is 12.1 Å². The summed E-state index contributed by atoms with van der Waals surface area (Å²) in [4.78, 5) is 22.0. The van der Waals surface area contributed by atoms with Crippen molar-refractivity contribution in [3.8, 4) is 5.69 Å². The number of nitrogens with one attached hydrogen (secondary N) is 1. The van der Waals surface area contributed by atoms with Crippen LogP contribution in [0, 0.1) is 5.82 Å². The van der Waals surface area contributed by atoms with Crippen LogP contribution in [0.4, 0.5) is 23.4 Å². The molecule has 0 saturated heterocycles. The number of benzene rings is 1. The Hall–Kier alpha value is -2.91. The number of hydrogen-bond donors (Lipinski definition) is 2. The summed E-state index contributed by atoms with van der Waals surface area (Å²) in [7, 11) is 0. The first-order valence-electron chi connectivity index (χ1n) is 5.66. The number of halogens is 4. The molecule has 1 aromatic carbocycles. The normalized spacial score (nSPS) is 11.3. The number of nitrogens with zero attached hydrogens (tertiary/aromatic N) is 2. The zero-order chi connectivity index (χ0) is 16.5. The van der Waals surface area contributed by atoms with Crippen molar-refractivity contribution >= 4 is 17.7 Å². The molecule has 2 rings (SSSR count). The standard InChI is InChI=1S/C12H7F4N3O3/c13-7-3-1-2-4-8(7)19-9(6(5-17-19)10(20)21)18-11(22)12(14,15)16/h1-5H,(H,18,22)(H,20,21). The maximum Gasteiger partial charge on any atom is 0.471 e. The highest BCUT2D eigenvalue weighted by Gasteiger charge is 2.40. The third-order valence-electron chi connectivity index (χ3n) is 2.57. The molecule has 0 aliphatic rings. The Kier molecular flexibility index (Phi) is 3.85. The van der Waals surface area contributed by atoms with Gasteiger partial charge in [0.25, 0.3) is 0 Å². The Bertz CT molecular complexity index is 739. The van der Waals surface area contributed by atoms with Gasteiger partial charge in [-0.15, -0.1) is 0 Å². The number of hydrogen-bond acceptors (Lipinski definition) is 3. The molecule has 0 atom stereocenters. The van der Waals surface area contributed by atoms with Crippen molar-refractivity contribution in [3.63, 3.8) is 0 Å². The Morgan fingerprint density at radius 1 is 1.23 bits per heavy atom. The van der Waals surface area contributed by atoms with Crippen molar-refractivity contribution < 1.29 is 32.3 Å². The number of aromatic carboxylic acids is 1. The smallest absolute Gasteiger partial charge is 0.471 e. The highest BCUT2D eigenvalue weighted by Crippen LogP contribution is 2.25. The van der Waals surface area contributed by atoms with Gasteiger partial charge in [0.15, 0.2) is 5.82 Å². The van der Waals surface area contributed by atoms with E-state index in [0.29, 0.717) is 10.9 Å². The molecule has 116 valence electrons. The van der Waals surface area contributed by atoms with Gasteiger partial charge >= 0.3 is 18.1 Å². The molecular weight excluding hydrogens is 310 g/mol. The molecule has 1 amide bonds. The first-order valence-corrected chi connectivity index (χ1v) is 5.66. The molecular formula is C12H7F4N3O3. The number of carbonyl (C=O) groups excluding carboxylic acids is 1. The predicted octanol–water partition coefficient (Wildman–Crippen LogP) is 2.21. The molecule has 22 heavy (non-hydrogen) atoms. The minimum absolute atomic E-state index is 0.313. The van der Waals surface area contributed by atoms with E-state index in [9.17, 15) is 27.2 Å². The lowest BCUT2D eigenvalue weighted by atomic mass is 10.3. The molecule has 0 unspecified atom stereocenters. The molecule has 0 spiro atoms. The van der Waals surface area contributed by atoms with Crippen LogP contribution in [-0.4, -0.2) is 32.9 Å². The zero-order valence-corrected chi connectivity index (χ0v) is 10.6. The molecule has 10 heteroatoms. The van der Waals surface area contributed by atoms with Crippen molar-refractivity contribution in [2.45, 2.75) is 6.18 Å².